The van der Waals surface area contributed by atoms with Crippen molar-refractivity contribution in [1.82, 2.24) is 0 Å². The second-order valence-electron chi connectivity index (χ2n) is 3.55. The van der Waals surface area contributed by atoms with Crippen molar-refractivity contribution in [2.75, 3.05) is 0 Å². The van der Waals surface area contributed by atoms with E-state index in [-0.39, 0.29) is 0 Å². The highest BCUT2D eigenvalue weighted by Crippen LogP contribution is 2.67. The third-order valence-electron chi connectivity index (χ3n) is 3.19. The Morgan fingerprint density at radius 3 is 2.78 bits per heavy atom. The molecule has 0 amide bonds. The lowest BCUT2D eigenvalue weighted by Gasteiger charge is -2.31. The van der Waals surface area contributed by atoms with E-state index in [9.17, 15) is 0 Å². The van der Waals surface area contributed by atoms with Gasteiger partial charge in [-0.25, -0.2) is 0 Å². The fourth-order valence-corrected chi connectivity index (χ4v) is 2.35. The van der Waals surface area contributed by atoms with Crippen LogP contribution in [0.5, 0.6) is 0 Å². The van der Waals surface area contributed by atoms with Gasteiger partial charge in [0, 0.05) is 5.41 Å². The SMILES string of the molecule is C1=CC2C[C@@]23C=CC3C1. The summed E-state index contributed by atoms with van der Waals surface area (Å²) in [5.41, 5.74) is 0.717. The third-order valence-corrected chi connectivity index (χ3v) is 3.19. The van der Waals surface area contributed by atoms with Crippen molar-refractivity contribution in [3.63, 3.8) is 0 Å². The Kier molecular flexibility index (Phi) is 0.493. The minimum absolute atomic E-state index is 0.717. The van der Waals surface area contributed by atoms with Gasteiger partial charge in [0.25, 0.3) is 0 Å². The molecule has 3 aliphatic rings. The summed E-state index contributed by atoms with van der Waals surface area (Å²) in [5, 5.41) is 0. The van der Waals surface area contributed by atoms with Crippen molar-refractivity contribution < 1.29 is 0 Å². The van der Waals surface area contributed by atoms with E-state index in [1.165, 1.54) is 12.8 Å². The van der Waals surface area contributed by atoms with Crippen LogP contribution in [0, 0.1) is 17.3 Å². The molecule has 0 aromatic heterocycles. The molecular formula is C9H10. The van der Waals surface area contributed by atoms with Gasteiger partial charge in [0.2, 0.25) is 0 Å². The van der Waals surface area contributed by atoms with Gasteiger partial charge in [-0.05, 0) is 24.7 Å². The number of hydrogen-bond acceptors (Lipinski definition) is 0. The summed E-state index contributed by atoms with van der Waals surface area (Å²) >= 11 is 0. The Morgan fingerprint density at radius 2 is 2.22 bits per heavy atom. The van der Waals surface area contributed by atoms with Crippen LogP contribution in [0.2, 0.25) is 0 Å². The molecule has 46 valence electrons. The maximum atomic E-state index is 2.42. The summed E-state index contributed by atoms with van der Waals surface area (Å²) in [5.74, 6) is 1.88. The standard InChI is InChI=1S/C9H10/c1-2-7-4-5-9(7)6-8(9)3-1/h1,3-5,7-8H,2,6H2/t7?,8?,9-/m1/s1. The molecule has 0 aromatic rings. The van der Waals surface area contributed by atoms with Crippen LogP contribution in [-0.2, 0) is 0 Å². The average molecular weight is 118 g/mol. The Bertz CT molecular complexity index is 210. The van der Waals surface area contributed by atoms with E-state index in [2.05, 4.69) is 24.3 Å². The van der Waals surface area contributed by atoms with E-state index in [0.29, 0.717) is 0 Å². The van der Waals surface area contributed by atoms with E-state index >= 15 is 0 Å². The highest BCUT2D eigenvalue weighted by atomic mass is 14.6. The van der Waals surface area contributed by atoms with E-state index in [0.717, 1.165) is 17.3 Å². The van der Waals surface area contributed by atoms with Crippen molar-refractivity contribution in [2.24, 2.45) is 17.3 Å². The molecular weight excluding hydrogens is 108 g/mol. The van der Waals surface area contributed by atoms with Crippen LogP contribution in [-0.4, -0.2) is 0 Å². The molecule has 1 saturated carbocycles. The van der Waals surface area contributed by atoms with Gasteiger partial charge in [-0.2, -0.15) is 0 Å². The van der Waals surface area contributed by atoms with Crippen LogP contribution in [0.4, 0.5) is 0 Å². The van der Waals surface area contributed by atoms with Crippen molar-refractivity contribution in [3.05, 3.63) is 24.3 Å². The molecule has 0 saturated heterocycles. The summed E-state index contributed by atoms with van der Waals surface area (Å²) in [6.45, 7) is 0. The fraction of sp³-hybridized carbons (Fsp3) is 0.556. The van der Waals surface area contributed by atoms with Crippen LogP contribution < -0.4 is 0 Å². The van der Waals surface area contributed by atoms with Crippen LogP contribution in [0.3, 0.4) is 0 Å². The molecule has 9 heavy (non-hydrogen) atoms. The van der Waals surface area contributed by atoms with Gasteiger partial charge in [0.05, 0.1) is 0 Å². The lowest BCUT2D eigenvalue weighted by molar-refractivity contribution is 0.376. The second-order valence-corrected chi connectivity index (χ2v) is 3.55. The van der Waals surface area contributed by atoms with Gasteiger partial charge >= 0.3 is 0 Å². The molecule has 3 atom stereocenters. The van der Waals surface area contributed by atoms with Gasteiger partial charge in [-0.15, -0.1) is 0 Å². The van der Waals surface area contributed by atoms with E-state index in [1.54, 1.807) is 0 Å². The monoisotopic (exact) mass is 118 g/mol. The first kappa shape index (κ1) is 4.32. The summed E-state index contributed by atoms with van der Waals surface area (Å²) in [6.07, 6.45) is 12.3. The van der Waals surface area contributed by atoms with E-state index in [1.807, 2.05) is 0 Å². The van der Waals surface area contributed by atoms with Crippen molar-refractivity contribution in [1.29, 1.82) is 0 Å². The molecule has 0 radical (unpaired) electrons. The smallest absolute Gasteiger partial charge is 0.00165 e. The topological polar surface area (TPSA) is 0 Å². The van der Waals surface area contributed by atoms with E-state index in [4.69, 9.17) is 0 Å². The lowest BCUT2D eigenvalue weighted by atomic mass is 9.73. The molecule has 3 rings (SSSR count). The fourth-order valence-electron chi connectivity index (χ4n) is 2.35. The van der Waals surface area contributed by atoms with Gasteiger partial charge in [-0.1, -0.05) is 24.3 Å². The molecule has 1 spiro atoms. The summed E-state index contributed by atoms with van der Waals surface area (Å²) in [7, 11) is 0. The Labute approximate surface area is 55.3 Å². The zero-order valence-electron chi connectivity index (χ0n) is 5.38. The largest absolute Gasteiger partial charge is 0.0876 e. The van der Waals surface area contributed by atoms with Crippen LogP contribution in [0.1, 0.15) is 12.8 Å². The van der Waals surface area contributed by atoms with Crippen LogP contribution >= 0.6 is 0 Å². The van der Waals surface area contributed by atoms with Gasteiger partial charge < -0.3 is 0 Å². The minimum Gasteiger partial charge on any atom is -0.0876 e. The molecule has 3 aliphatic carbocycles. The second kappa shape index (κ2) is 1.03. The Morgan fingerprint density at radius 1 is 1.22 bits per heavy atom. The predicted octanol–water partition coefficient (Wildman–Crippen LogP) is 2.14. The Hall–Kier alpha value is -0.520. The van der Waals surface area contributed by atoms with Gasteiger partial charge in [-0.3, -0.25) is 0 Å². The van der Waals surface area contributed by atoms with Crippen LogP contribution in [0.25, 0.3) is 0 Å². The molecule has 2 unspecified atom stereocenters. The highest BCUT2D eigenvalue weighted by molar-refractivity contribution is 5.35. The lowest BCUT2D eigenvalue weighted by Crippen LogP contribution is -2.23. The summed E-state index contributed by atoms with van der Waals surface area (Å²) in [4.78, 5) is 0. The number of rotatable bonds is 0. The Balaban J connectivity index is 2.10. The zero-order valence-corrected chi connectivity index (χ0v) is 5.38. The maximum absolute atomic E-state index is 2.42. The van der Waals surface area contributed by atoms with E-state index < -0.39 is 0 Å². The molecule has 0 bridgehead atoms. The van der Waals surface area contributed by atoms with Gasteiger partial charge in [0.15, 0.2) is 0 Å². The first-order valence-corrected chi connectivity index (χ1v) is 3.78. The highest BCUT2D eigenvalue weighted by Gasteiger charge is 2.59. The molecule has 0 aliphatic heterocycles. The predicted molar refractivity (Wildman–Crippen MR) is 36.9 cm³/mol. The third kappa shape index (κ3) is 0.320. The van der Waals surface area contributed by atoms with Crippen molar-refractivity contribution >= 4 is 0 Å². The van der Waals surface area contributed by atoms with Gasteiger partial charge in [0.1, 0.15) is 0 Å². The quantitative estimate of drug-likeness (QED) is 0.427. The summed E-state index contributed by atoms with van der Waals surface area (Å²) < 4.78 is 0. The minimum atomic E-state index is 0.717. The normalized spacial score (nSPS) is 57.8. The first-order valence-electron chi connectivity index (χ1n) is 3.78. The average Bonchev–Trinajstić information content (AvgIpc) is 2.52. The molecule has 1 fully saturated rings. The molecule has 0 heterocycles. The number of hydrogen-bond donors (Lipinski definition) is 0. The zero-order chi connectivity index (χ0) is 5.90. The molecule has 0 N–H and O–H groups in total. The maximum Gasteiger partial charge on any atom is 0.00165 e. The molecule has 0 heteroatoms. The summed E-state index contributed by atoms with van der Waals surface area (Å²) in [6, 6.07) is 0. The molecule has 0 aromatic carbocycles. The first-order chi connectivity index (χ1) is 4.42. The van der Waals surface area contributed by atoms with Crippen molar-refractivity contribution in [2.45, 2.75) is 12.8 Å². The molecule has 0 nitrogen and oxygen atoms in total. The van der Waals surface area contributed by atoms with Crippen LogP contribution in [0.15, 0.2) is 24.3 Å². The van der Waals surface area contributed by atoms with Crippen molar-refractivity contribution in [3.8, 4) is 0 Å². The number of allylic oxidation sites excluding steroid dienone is 4.